The number of amides is 1. The van der Waals surface area contributed by atoms with E-state index in [9.17, 15) is 4.79 Å². The number of aliphatic imine (C=N–C) groups is 1. The number of amidine groups is 2. The average Bonchev–Trinajstić information content (AvgIpc) is 1.94. The van der Waals surface area contributed by atoms with Crippen LogP contribution in [0, 0.1) is 11.3 Å². The van der Waals surface area contributed by atoms with Crippen LogP contribution in [-0.2, 0) is 4.74 Å². The molecule has 0 aromatic carbocycles. The van der Waals surface area contributed by atoms with Gasteiger partial charge in [0.2, 0.25) is 0 Å². The molecule has 0 aliphatic carbocycles. The number of likely N-dealkylation sites (tertiary alicyclic amines) is 1. The second kappa shape index (κ2) is 4.95. The van der Waals surface area contributed by atoms with Crippen LogP contribution < -0.4 is 5.73 Å². The van der Waals surface area contributed by atoms with Gasteiger partial charge in [-0.2, -0.15) is 0 Å². The van der Waals surface area contributed by atoms with Gasteiger partial charge in [0.15, 0.2) is 5.17 Å². The molecule has 0 saturated carbocycles. The molecule has 7 heteroatoms. The highest BCUT2D eigenvalue weighted by molar-refractivity contribution is 7.96. The second-order valence-electron chi connectivity index (χ2n) is 4.94. The maximum atomic E-state index is 11.6. The van der Waals surface area contributed by atoms with Crippen molar-refractivity contribution in [3.05, 3.63) is 0 Å². The molecule has 0 unspecified atom stereocenters. The highest BCUT2D eigenvalue weighted by Crippen LogP contribution is 2.20. The lowest BCUT2D eigenvalue weighted by Gasteiger charge is -2.38. The van der Waals surface area contributed by atoms with E-state index in [1.165, 1.54) is 4.90 Å². The van der Waals surface area contributed by atoms with Crippen molar-refractivity contribution in [1.82, 2.24) is 4.90 Å². The van der Waals surface area contributed by atoms with Crippen molar-refractivity contribution in [1.29, 1.82) is 5.41 Å². The first-order valence-electron chi connectivity index (χ1n) is 5.28. The lowest BCUT2D eigenvalue weighted by atomic mass is 10.00. The minimum absolute atomic E-state index is 0.0609. The summed E-state index contributed by atoms with van der Waals surface area (Å²) < 4.78 is 5.19. The Morgan fingerprint density at radius 1 is 1.53 bits per heavy atom. The van der Waals surface area contributed by atoms with Gasteiger partial charge >= 0.3 is 6.09 Å². The molecule has 6 nitrogen and oxygen atoms in total. The summed E-state index contributed by atoms with van der Waals surface area (Å²) in [6.45, 7) is 6.33. The molecule has 1 heterocycles. The van der Waals surface area contributed by atoms with Crippen LogP contribution in [0.5, 0.6) is 0 Å². The second-order valence-corrected chi connectivity index (χ2v) is 5.40. The number of nitrogens with two attached hydrogens (primary N) is 1. The van der Waals surface area contributed by atoms with Crippen LogP contribution in [0.2, 0.25) is 0 Å². The van der Waals surface area contributed by atoms with Crippen molar-refractivity contribution >= 4 is 29.7 Å². The number of thiol groups is 1. The molecule has 1 fully saturated rings. The maximum absolute atomic E-state index is 11.6. The van der Waals surface area contributed by atoms with Gasteiger partial charge in [-0.05, 0) is 20.8 Å². The first kappa shape index (κ1) is 13.8. The Morgan fingerprint density at radius 2 is 2.06 bits per heavy atom. The normalized spacial score (nSPS) is 17.6. The topological polar surface area (TPSA) is 91.8 Å². The van der Waals surface area contributed by atoms with Crippen LogP contribution in [0.3, 0.4) is 0 Å². The average molecular weight is 258 g/mol. The van der Waals surface area contributed by atoms with E-state index in [0.717, 1.165) is 0 Å². The summed E-state index contributed by atoms with van der Waals surface area (Å²) in [5.74, 6) is 0.0746. The molecule has 96 valence electrons. The Labute approximate surface area is 106 Å². The molecule has 0 aromatic rings. The van der Waals surface area contributed by atoms with Crippen molar-refractivity contribution in [2.75, 3.05) is 13.1 Å². The van der Waals surface area contributed by atoms with Gasteiger partial charge < -0.3 is 15.4 Å². The minimum Gasteiger partial charge on any atom is -0.444 e. The van der Waals surface area contributed by atoms with E-state index >= 15 is 0 Å². The Morgan fingerprint density at radius 3 is 2.47 bits per heavy atom. The first-order chi connectivity index (χ1) is 7.69. The number of nitrogens with zero attached hydrogens (tertiary/aromatic N) is 2. The number of hydrogen-bond donors (Lipinski definition) is 3. The van der Waals surface area contributed by atoms with Crippen molar-refractivity contribution in [2.45, 2.75) is 26.4 Å². The van der Waals surface area contributed by atoms with E-state index in [0.29, 0.717) is 13.1 Å². The van der Waals surface area contributed by atoms with Crippen molar-refractivity contribution < 1.29 is 9.53 Å². The number of carbonyl (C=O) groups excluding carboxylic acids is 1. The molecule has 1 rings (SSSR count). The Balaban J connectivity index is 2.39. The number of ether oxygens (including phenoxy) is 1. The lowest BCUT2D eigenvalue weighted by Crippen LogP contribution is -2.54. The molecule has 0 bridgehead atoms. The Hall–Kier alpha value is -1.24. The fourth-order valence-electron chi connectivity index (χ4n) is 1.34. The third-order valence-electron chi connectivity index (χ3n) is 2.15. The van der Waals surface area contributed by atoms with Crippen LogP contribution in [0.25, 0.3) is 0 Å². The zero-order chi connectivity index (χ0) is 13.2. The zero-order valence-corrected chi connectivity index (χ0v) is 11.1. The Bertz CT molecular complexity index is 352. The van der Waals surface area contributed by atoms with Crippen molar-refractivity contribution in [2.24, 2.45) is 16.6 Å². The number of nitrogens with one attached hydrogen (secondary N) is 1. The molecule has 1 aliphatic heterocycles. The third kappa shape index (κ3) is 4.26. The predicted octanol–water partition coefficient (Wildman–Crippen LogP) is 1.08. The largest absolute Gasteiger partial charge is 0.444 e. The van der Waals surface area contributed by atoms with Crippen LogP contribution >= 0.6 is 12.6 Å². The molecule has 0 aromatic heterocycles. The van der Waals surface area contributed by atoms with Crippen molar-refractivity contribution in [3.8, 4) is 0 Å². The summed E-state index contributed by atoms with van der Waals surface area (Å²) in [7, 11) is 0. The molecule has 0 atom stereocenters. The summed E-state index contributed by atoms with van der Waals surface area (Å²) in [5, 5.41) is 7.65. The van der Waals surface area contributed by atoms with Gasteiger partial charge in [-0.25, -0.2) is 9.79 Å². The molecule has 0 radical (unpaired) electrons. The van der Waals surface area contributed by atoms with Crippen LogP contribution in [0.4, 0.5) is 4.79 Å². The van der Waals surface area contributed by atoms with E-state index in [4.69, 9.17) is 15.9 Å². The fraction of sp³-hybridized carbons (Fsp3) is 0.700. The summed E-state index contributed by atoms with van der Waals surface area (Å²) in [5.41, 5.74) is 4.76. The number of hydrogen-bond acceptors (Lipinski definition) is 3. The van der Waals surface area contributed by atoms with E-state index < -0.39 is 5.60 Å². The lowest BCUT2D eigenvalue weighted by molar-refractivity contribution is 0.00680. The van der Waals surface area contributed by atoms with Gasteiger partial charge in [0.1, 0.15) is 11.4 Å². The standard InChI is InChI=1S/C10H18N4O2S/c1-10(2,3)16-9(15)14-4-6(5-14)7(11)13-8(12)17/h6H,4-5H2,1-3H3,(H4,11,12,13,17). The maximum Gasteiger partial charge on any atom is 0.410 e. The van der Waals surface area contributed by atoms with E-state index in [1.54, 1.807) is 0 Å². The van der Waals surface area contributed by atoms with Gasteiger partial charge in [0.05, 0.1) is 5.92 Å². The quantitative estimate of drug-likeness (QED) is 0.373. The fourth-order valence-corrected chi connectivity index (χ4v) is 1.45. The van der Waals surface area contributed by atoms with Gasteiger partial charge in [0.25, 0.3) is 0 Å². The molecular formula is C10H18N4O2S. The zero-order valence-electron chi connectivity index (χ0n) is 10.2. The first-order valence-corrected chi connectivity index (χ1v) is 5.73. The molecule has 0 spiro atoms. The highest BCUT2D eigenvalue weighted by atomic mass is 32.1. The van der Waals surface area contributed by atoms with Gasteiger partial charge in [-0.3, -0.25) is 5.41 Å². The summed E-state index contributed by atoms with van der Waals surface area (Å²) >= 11 is 3.80. The van der Waals surface area contributed by atoms with Gasteiger partial charge in [-0.15, -0.1) is 12.6 Å². The number of carbonyl (C=O) groups is 1. The number of rotatable bonds is 1. The molecule has 1 saturated heterocycles. The smallest absolute Gasteiger partial charge is 0.410 e. The third-order valence-corrected chi connectivity index (χ3v) is 2.25. The summed E-state index contributed by atoms with van der Waals surface area (Å²) in [4.78, 5) is 16.9. The van der Waals surface area contributed by atoms with Crippen LogP contribution in [0.1, 0.15) is 20.8 Å². The van der Waals surface area contributed by atoms with Gasteiger partial charge in [0, 0.05) is 13.1 Å². The summed E-state index contributed by atoms with van der Waals surface area (Å²) in [6.07, 6.45) is -0.357. The Kier molecular flexibility index (Phi) is 4.03. The van der Waals surface area contributed by atoms with Crippen LogP contribution in [-0.4, -0.2) is 40.7 Å². The monoisotopic (exact) mass is 258 g/mol. The minimum atomic E-state index is -0.497. The summed E-state index contributed by atoms with van der Waals surface area (Å²) in [6, 6.07) is 0. The highest BCUT2D eigenvalue weighted by Gasteiger charge is 2.36. The van der Waals surface area contributed by atoms with E-state index in [-0.39, 0.29) is 23.0 Å². The van der Waals surface area contributed by atoms with Crippen molar-refractivity contribution in [3.63, 3.8) is 0 Å². The van der Waals surface area contributed by atoms with E-state index in [1.807, 2.05) is 20.8 Å². The predicted molar refractivity (Wildman–Crippen MR) is 69.6 cm³/mol. The molecular weight excluding hydrogens is 240 g/mol. The van der Waals surface area contributed by atoms with E-state index in [2.05, 4.69) is 17.6 Å². The molecule has 17 heavy (non-hydrogen) atoms. The molecule has 1 amide bonds. The molecule has 1 aliphatic rings. The van der Waals surface area contributed by atoms with Crippen LogP contribution in [0.15, 0.2) is 4.99 Å². The van der Waals surface area contributed by atoms with Gasteiger partial charge in [-0.1, -0.05) is 0 Å². The SMILES string of the molecule is CC(C)(C)OC(=O)N1CC(C(=N)/N=C(/N)S)C1. The molecule has 3 N–H and O–H groups in total.